The molecule has 1 aromatic heterocycles. The van der Waals surface area contributed by atoms with Crippen LogP contribution in [0.5, 0.6) is 5.75 Å². The van der Waals surface area contributed by atoms with Gasteiger partial charge in [-0.05, 0) is 24.6 Å². The largest absolute Gasteiger partial charge is 0.495 e. The Morgan fingerprint density at radius 1 is 1.50 bits per heavy atom. The summed E-state index contributed by atoms with van der Waals surface area (Å²) in [6, 6.07) is 7.54. The molecule has 1 aromatic carbocycles. The number of nitrogens with zero attached hydrogens (tertiary/aromatic N) is 3. The van der Waals surface area contributed by atoms with Crippen LogP contribution in [0.25, 0.3) is 0 Å². The molecular formula is C13H12ClN3O. The van der Waals surface area contributed by atoms with Gasteiger partial charge in [-0.2, -0.15) is 10.4 Å². The van der Waals surface area contributed by atoms with Crippen molar-refractivity contribution in [1.82, 2.24) is 9.78 Å². The Labute approximate surface area is 110 Å². The van der Waals surface area contributed by atoms with E-state index in [0.717, 1.165) is 11.3 Å². The monoisotopic (exact) mass is 261 g/mol. The molecule has 0 radical (unpaired) electrons. The number of aromatic nitrogens is 2. The van der Waals surface area contributed by atoms with Crippen molar-refractivity contribution in [1.29, 1.82) is 5.26 Å². The topological polar surface area (TPSA) is 50.8 Å². The van der Waals surface area contributed by atoms with Gasteiger partial charge in [-0.1, -0.05) is 17.7 Å². The van der Waals surface area contributed by atoms with Crippen LogP contribution in [-0.4, -0.2) is 16.9 Å². The molecule has 0 atom stereocenters. The van der Waals surface area contributed by atoms with E-state index in [1.165, 1.54) is 0 Å². The highest BCUT2D eigenvalue weighted by Crippen LogP contribution is 2.20. The SMILES string of the molecule is COc1cc(Cn2cc(Cl)c(C)n2)ccc1C#N. The maximum atomic E-state index is 8.90. The molecule has 2 aromatic rings. The van der Waals surface area contributed by atoms with Crippen molar-refractivity contribution in [3.05, 3.63) is 46.2 Å². The maximum absolute atomic E-state index is 8.90. The Kier molecular flexibility index (Phi) is 3.54. The van der Waals surface area contributed by atoms with Crippen molar-refractivity contribution in [3.63, 3.8) is 0 Å². The standard InChI is InChI=1S/C13H12ClN3O/c1-9-12(14)8-17(16-9)7-10-3-4-11(6-15)13(5-10)18-2/h3-5,8H,7H2,1-2H3. The molecular weight excluding hydrogens is 250 g/mol. The molecule has 2 rings (SSSR count). The fraction of sp³-hybridized carbons (Fsp3) is 0.231. The summed E-state index contributed by atoms with van der Waals surface area (Å²) < 4.78 is 6.93. The first-order chi connectivity index (χ1) is 8.63. The number of hydrogen-bond donors (Lipinski definition) is 0. The van der Waals surface area contributed by atoms with Gasteiger partial charge in [0.25, 0.3) is 0 Å². The van der Waals surface area contributed by atoms with E-state index in [2.05, 4.69) is 11.2 Å². The Morgan fingerprint density at radius 3 is 2.83 bits per heavy atom. The quantitative estimate of drug-likeness (QED) is 0.854. The van der Waals surface area contributed by atoms with Crippen LogP contribution in [0.1, 0.15) is 16.8 Å². The zero-order valence-corrected chi connectivity index (χ0v) is 10.9. The van der Waals surface area contributed by atoms with Crippen molar-refractivity contribution in [2.24, 2.45) is 0 Å². The van der Waals surface area contributed by atoms with Gasteiger partial charge in [0.05, 0.1) is 29.9 Å². The predicted molar refractivity (Wildman–Crippen MR) is 68.8 cm³/mol. The van der Waals surface area contributed by atoms with E-state index in [4.69, 9.17) is 21.6 Å². The second kappa shape index (κ2) is 5.11. The summed E-state index contributed by atoms with van der Waals surface area (Å²) in [6.45, 7) is 2.45. The lowest BCUT2D eigenvalue weighted by molar-refractivity contribution is 0.412. The lowest BCUT2D eigenvalue weighted by atomic mass is 10.1. The summed E-state index contributed by atoms with van der Waals surface area (Å²) in [7, 11) is 1.55. The smallest absolute Gasteiger partial charge is 0.136 e. The first kappa shape index (κ1) is 12.5. The molecule has 0 amide bonds. The van der Waals surface area contributed by atoms with Gasteiger partial charge in [0.1, 0.15) is 11.8 Å². The third kappa shape index (κ3) is 2.47. The summed E-state index contributed by atoms with van der Waals surface area (Å²) in [5.41, 5.74) is 2.33. The average Bonchev–Trinajstić information content (AvgIpc) is 2.68. The minimum absolute atomic E-state index is 0.524. The Bertz CT molecular complexity index is 594. The van der Waals surface area contributed by atoms with Crippen molar-refractivity contribution >= 4 is 11.6 Å². The fourth-order valence-corrected chi connectivity index (χ4v) is 1.84. The van der Waals surface area contributed by atoms with Gasteiger partial charge in [-0.25, -0.2) is 0 Å². The lowest BCUT2D eigenvalue weighted by Gasteiger charge is -2.06. The van der Waals surface area contributed by atoms with Gasteiger partial charge >= 0.3 is 0 Å². The normalized spacial score (nSPS) is 10.1. The molecule has 0 fully saturated rings. The Balaban J connectivity index is 2.27. The van der Waals surface area contributed by atoms with Crippen LogP contribution in [0.4, 0.5) is 0 Å². The minimum atomic E-state index is 0.524. The number of methoxy groups -OCH3 is 1. The maximum Gasteiger partial charge on any atom is 0.136 e. The molecule has 0 saturated heterocycles. The first-order valence-corrected chi connectivity index (χ1v) is 5.78. The highest BCUT2D eigenvalue weighted by Gasteiger charge is 2.06. The number of nitriles is 1. The Morgan fingerprint density at radius 2 is 2.28 bits per heavy atom. The van der Waals surface area contributed by atoms with Gasteiger partial charge in [0, 0.05) is 6.20 Å². The number of benzene rings is 1. The highest BCUT2D eigenvalue weighted by molar-refractivity contribution is 6.31. The molecule has 0 bridgehead atoms. The molecule has 0 saturated carbocycles. The third-order valence-electron chi connectivity index (χ3n) is 2.62. The van der Waals surface area contributed by atoms with Gasteiger partial charge in [-0.3, -0.25) is 4.68 Å². The molecule has 0 unspecified atom stereocenters. The minimum Gasteiger partial charge on any atom is -0.495 e. The van der Waals surface area contributed by atoms with E-state index in [1.54, 1.807) is 24.1 Å². The molecule has 92 valence electrons. The van der Waals surface area contributed by atoms with Crippen LogP contribution < -0.4 is 4.74 Å². The fourth-order valence-electron chi connectivity index (χ4n) is 1.69. The summed E-state index contributed by atoms with van der Waals surface area (Å²) in [5, 5.41) is 13.8. The summed E-state index contributed by atoms with van der Waals surface area (Å²) >= 11 is 5.95. The van der Waals surface area contributed by atoms with Crippen molar-refractivity contribution in [2.45, 2.75) is 13.5 Å². The van der Waals surface area contributed by atoms with Crippen LogP contribution in [-0.2, 0) is 6.54 Å². The molecule has 0 aliphatic heterocycles. The van der Waals surface area contributed by atoms with Gasteiger partial charge in [0.2, 0.25) is 0 Å². The number of ether oxygens (including phenoxy) is 1. The zero-order valence-electron chi connectivity index (χ0n) is 10.1. The van der Waals surface area contributed by atoms with Crippen molar-refractivity contribution < 1.29 is 4.74 Å². The van der Waals surface area contributed by atoms with E-state index >= 15 is 0 Å². The molecule has 0 N–H and O–H groups in total. The third-order valence-corrected chi connectivity index (χ3v) is 2.99. The van der Waals surface area contributed by atoms with Gasteiger partial charge < -0.3 is 4.74 Å². The van der Waals surface area contributed by atoms with E-state index in [9.17, 15) is 0 Å². The first-order valence-electron chi connectivity index (χ1n) is 5.40. The summed E-state index contributed by atoms with van der Waals surface area (Å²) in [4.78, 5) is 0. The lowest BCUT2D eigenvalue weighted by Crippen LogP contribution is -2.01. The van der Waals surface area contributed by atoms with Crippen LogP contribution in [0, 0.1) is 18.3 Å². The molecule has 0 aliphatic carbocycles. The molecule has 18 heavy (non-hydrogen) atoms. The van der Waals surface area contributed by atoms with Crippen LogP contribution in [0.15, 0.2) is 24.4 Å². The summed E-state index contributed by atoms with van der Waals surface area (Å²) in [5.74, 6) is 0.574. The molecule has 0 aliphatic rings. The highest BCUT2D eigenvalue weighted by atomic mass is 35.5. The van der Waals surface area contributed by atoms with E-state index < -0.39 is 0 Å². The number of rotatable bonds is 3. The average molecular weight is 262 g/mol. The van der Waals surface area contributed by atoms with Crippen LogP contribution in [0.2, 0.25) is 5.02 Å². The van der Waals surface area contributed by atoms with E-state index in [1.807, 2.05) is 19.1 Å². The molecule has 5 heteroatoms. The number of hydrogen-bond acceptors (Lipinski definition) is 3. The second-order valence-electron chi connectivity index (χ2n) is 3.91. The molecule has 1 heterocycles. The van der Waals surface area contributed by atoms with E-state index in [-0.39, 0.29) is 0 Å². The second-order valence-corrected chi connectivity index (χ2v) is 4.31. The van der Waals surface area contributed by atoms with Gasteiger partial charge in [0.15, 0.2) is 0 Å². The van der Waals surface area contributed by atoms with Crippen LogP contribution in [0.3, 0.4) is 0 Å². The Hall–Kier alpha value is -1.99. The van der Waals surface area contributed by atoms with Gasteiger partial charge in [-0.15, -0.1) is 0 Å². The predicted octanol–water partition coefficient (Wildman–Crippen LogP) is 2.77. The molecule has 4 nitrogen and oxygen atoms in total. The van der Waals surface area contributed by atoms with E-state index in [0.29, 0.717) is 22.9 Å². The zero-order chi connectivity index (χ0) is 13.1. The molecule has 0 spiro atoms. The number of aryl methyl sites for hydroxylation is 1. The van der Waals surface area contributed by atoms with Crippen molar-refractivity contribution in [3.8, 4) is 11.8 Å². The number of halogens is 1. The van der Waals surface area contributed by atoms with Crippen molar-refractivity contribution in [2.75, 3.05) is 7.11 Å². The van der Waals surface area contributed by atoms with Crippen LogP contribution >= 0.6 is 11.6 Å². The summed E-state index contributed by atoms with van der Waals surface area (Å²) in [6.07, 6.45) is 1.78.